The van der Waals surface area contributed by atoms with Gasteiger partial charge in [-0.05, 0) is 28.8 Å². The van der Waals surface area contributed by atoms with Gasteiger partial charge in [0.25, 0.3) is 0 Å². The Hall–Kier alpha value is -3.68. The van der Waals surface area contributed by atoms with Gasteiger partial charge < -0.3 is 15.4 Å². The third kappa shape index (κ3) is 8.24. The largest absolute Gasteiger partial charge is 0.445 e. The Balaban J connectivity index is 1.13. The fourth-order valence-electron chi connectivity index (χ4n) is 4.03. The molecule has 1 saturated heterocycles. The highest BCUT2D eigenvalue weighted by molar-refractivity contribution is 5.93. The van der Waals surface area contributed by atoms with Crippen LogP contribution in [0.5, 0.6) is 0 Å². The van der Waals surface area contributed by atoms with Crippen molar-refractivity contribution < 1.29 is 14.3 Å². The molecule has 0 radical (unpaired) electrons. The Labute approximate surface area is 206 Å². The first-order valence-corrected chi connectivity index (χ1v) is 12.0. The highest BCUT2D eigenvalue weighted by Gasteiger charge is 2.17. The molecule has 3 aromatic rings. The average Bonchev–Trinajstić information content (AvgIpc) is 2.90. The molecular formula is C28H32N4O3. The van der Waals surface area contributed by atoms with E-state index in [0.717, 1.165) is 44.8 Å². The number of ether oxygens (including phenoxy) is 1. The van der Waals surface area contributed by atoms with Gasteiger partial charge in [-0.25, -0.2) is 4.79 Å². The number of carbonyl (C=O) groups excluding carboxylic acids is 2. The maximum Gasteiger partial charge on any atom is 0.407 e. The summed E-state index contributed by atoms with van der Waals surface area (Å²) in [6.45, 7) is 6.10. The second-order valence-corrected chi connectivity index (χ2v) is 8.70. The van der Waals surface area contributed by atoms with Crippen molar-refractivity contribution in [2.45, 2.75) is 19.7 Å². The molecule has 1 heterocycles. The average molecular weight is 473 g/mol. The lowest BCUT2D eigenvalue weighted by Crippen LogP contribution is -2.45. The fraction of sp³-hybridized carbons (Fsp3) is 0.286. The second kappa shape index (κ2) is 12.7. The smallest absolute Gasteiger partial charge is 0.407 e. The normalized spacial score (nSPS) is 14.3. The number of alkyl carbamates (subject to hydrolysis) is 1. The maximum atomic E-state index is 12.2. The van der Waals surface area contributed by atoms with Crippen molar-refractivity contribution in [2.75, 3.05) is 38.0 Å². The molecule has 4 rings (SSSR count). The number of nitrogens with zero attached hydrogens (tertiary/aromatic N) is 2. The number of rotatable bonds is 9. The third-order valence-corrected chi connectivity index (χ3v) is 5.96. The molecule has 1 aliphatic rings. The van der Waals surface area contributed by atoms with E-state index < -0.39 is 6.09 Å². The van der Waals surface area contributed by atoms with Crippen molar-refractivity contribution >= 4 is 17.7 Å². The SMILES string of the molecule is O=C(CNC(=O)OCc1ccccc1)Nc1ccc(CN2CCN(Cc3ccccc3)CC2)cc1. The Morgan fingerprint density at radius 3 is 1.77 bits per heavy atom. The number of amides is 2. The summed E-state index contributed by atoms with van der Waals surface area (Å²) in [6, 6.07) is 27.9. The summed E-state index contributed by atoms with van der Waals surface area (Å²) in [6.07, 6.45) is -0.622. The molecule has 0 atom stereocenters. The van der Waals surface area contributed by atoms with Crippen LogP contribution < -0.4 is 10.6 Å². The van der Waals surface area contributed by atoms with Gasteiger partial charge in [0.15, 0.2) is 0 Å². The van der Waals surface area contributed by atoms with Crippen molar-refractivity contribution in [3.63, 3.8) is 0 Å². The Morgan fingerprint density at radius 2 is 1.20 bits per heavy atom. The zero-order valence-corrected chi connectivity index (χ0v) is 19.9. The Morgan fingerprint density at radius 1 is 0.686 bits per heavy atom. The van der Waals surface area contributed by atoms with Gasteiger partial charge in [0, 0.05) is 45.0 Å². The summed E-state index contributed by atoms with van der Waals surface area (Å²) in [4.78, 5) is 28.9. The van der Waals surface area contributed by atoms with Crippen molar-refractivity contribution in [2.24, 2.45) is 0 Å². The number of anilines is 1. The topological polar surface area (TPSA) is 73.9 Å². The van der Waals surface area contributed by atoms with Crippen molar-refractivity contribution in [1.82, 2.24) is 15.1 Å². The highest BCUT2D eigenvalue weighted by atomic mass is 16.5. The fourth-order valence-corrected chi connectivity index (χ4v) is 4.03. The molecule has 3 aromatic carbocycles. The second-order valence-electron chi connectivity index (χ2n) is 8.70. The molecule has 0 bridgehead atoms. The molecule has 0 saturated carbocycles. The van der Waals surface area contributed by atoms with Crippen molar-refractivity contribution in [1.29, 1.82) is 0 Å². The van der Waals surface area contributed by atoms with E-state index >= 15 is 0 Å². The van der Waals surface area contributed by atoms with E-state index in [1.807, 2.05) is 54.6 Å². The van der Waals surface area contributed by atoms with E-state index in [-0.39, 0.29) is 19.1 Å². The van der Waals surface area contributed by atoms with E-state index in [1.165, 1.54) is 11.1 Å². The van der Waals surface area contributed by atoms with E-state index in [1.54, 1.807) is 0 Å². The first-order valence-electron chi connectivity index (χ1n) is 12.0. The first-order chi connectivity index (χ1) is 17.1. The van der Waals surface area contributed by atoms with Crippen LogP contribution in [-0.4, -0.2) is 54.5 Å². The monoisotopic (exact) mass is 472 g/mol. The number of benzene rings is 3. The van der Waals surface area contributed by atoms with Gasteiger partial charge in [-0.15, -0.1) is 0 Å². The van der Waals surface area contributed by atoms with Crippen LogP contribution in [0.2, 0.25) is 0 Å². The summed E-state index contributed by atoms with van der Waals surface area (Å²) in [7, 11) is 0. The quantitative estimate of drug-likeness (QED) is 0.495. The van der Waals surface area contributed by atoms with Gasteiger partial charge in [-0.2, -0.15) is 0 Å². The van der Waals surface area contributed by atoms with Crippen LogP contribution in [-0.2, 0) is 29.2 Å². The zero-order valence-electron chi connectivity index (χ0n) is 19.9. The molecule has 0 aliphatic carbocycles. The number of hydrogen-bond donors (Lipinski definition) is 2. The van der Waals surface area contributed by atoms with Crippen molar-refractivity contribution in [3.05, 3.63) is 102 Å². The predicted molar refractivity (Wildman–Crippen MR) is 137 cm³/mol. The molecule has 1 aliphatic heterocycles. The van der Waals surface area contributed by atoms with E-state index in [4.69, 9.17) is 4.74 Å². The molecule has 0 aromatic heterocycles. The van der Waals surface area contributed by atoms with Gasteiger partial charge in [-0.1, -0.05) is 72.8 Å². The zero-order chi connectivity index (χ0) is 24.3. The van der Waals surface area contributed by atoms with Crippen LogP contribution in [0, 0.1) is 0 Å². The van der Waals surface area contributed by atoms with Crippen LogP contribution >= 0.6 is 0 Å². The molecule has 1 fully saturated rings. The molecule has 0 unspecified atom stereocenters. The van der Waals surface area contributed by atoms with Crippen LogP contribution in [0.4, 0.5) is 10.5 Å². The summed E-state index contributed by atoms with van der Waals surface area (Å²) in [5.41, 5.74) is 4.16. The lowest BCUT2D eigenvalue weighted by molar-refractivity contribution is -0.115. The summed E-state index contributed by atoms with van der Waals surface area (Å²) >= 11 is 0. The molecular weight excluding hydrogens is 440 g/mol. The molecule has 7 nitrogen and oxygen atoms in total. The van der Waals surface area contributed by atoms with Crippen LogP contribution in [0.1, 0.15) is 16.7 Å². The number of nitrogens with one attached hydrogen (secondary N) is 2. The van der Waals surface area contributed by atoms with E-state index in [9.17, 15) is 9.59 Å². The minimum atomic E-state index is -0.622. The van der Waals surface area contributed by atoms with Gasteiger partial charge >= 0.3 is 6.09 Å². The van der Waals surface area contributed by atoms with Crippen molar-refractivity contribution in [3.8, 4) is 0 Å². The molecule has 2 amide bonds. The molecule has 7 heteroatoms. The summed E-state index contributed by atoms with van der Waals surface area (Å²) < 4.78 is 5.12. The van der Waals surface area contributed by atoms with E-state index in [0.29, 0.717) is 5.69 Å². The Bertz CT molecular complexity index is 1070. The van der Waals surface area contributed by atoms with Gasteiger partial charge in [0.2, 0.25) is 5.91 Å². The minimum Gasteiger partial charge on any atom is -0.445 e. The van der Waals surface area contributed by atoms with Gasteiger partial charge in [0.05, 0.1) is 0 Å². The lowest BCUT2D eigenvalue weighted by atomic mass is 10.1. The van der Waals surface area contributed by atoms with Gasteiger partial charge in [0.1, 0.15) is 13.2 Å². The maximum absolute atomic E-state index is 12.2. The summed E-state index contributed by atoms with van der Waals surface area (Å²) in [5.74, 6) is -0.302. The predicted octanol–water partition coefficient (Wildman–Crippen LogP) is 3.87. The van der Waals surface area contributed by atoms with Crippen LogP contribution in [0.15, 0.2) is 84.9 Å². The molecule has 0 spiro atoms. The minimum absolute atomic E-state index is 0.150. The molecule has 2 N–H and O–H groups in total. The molecule has 182 valence electrons. The lowest BCUT2D eigenvalue weighted by Gasteiger charge is -2.34. The third-order valence-electron chi connectivity index (χ3n) is 5.96. The first kappa shape index (κ1) is 24.4. The Kier molecular flexibility index (Phi) is 8.86. The van der Waals surface area contributed by atoms with Crippen LogP contribution in [0.25, 0.3) is 0 Å². The molecule has 35 heavy (non-hydrogen) atoms. The van der Waals surface area contributed by atoms with E-state index in [2.05, 4.69) is 50.8 Å². The number of carbonyl (C=O) groups is 2. The summed E-state index contributed by atoms with van der Waals surface area (Å²) in [5, 5.41) is 5.27. The number of hydrogen-bond acceptors (Lipinski definition) is 5. The van der Waals surface area contributed by atoms with Crippen LogP contribution in [0.3, 0.4) is 0 Å². The highest BCUT2D eigenvalue weighted by Crippen LogP contribution is 2.14. The number of piperazine rings is 1. The standard InChI is InChI=1S/C28H32N4O3/c33-27(19-29-28(34)35-22-25-9-5-2-6-10-25)30-26-13-11-24(12-14-26)21-32-17-15-31(16-18-32)20-23-7-3-1-4-8-23/h1-14H,15-22H2,(H,29,34)(H,30,33). The van der Waals surface area contributed by atoms with Gasteiger partial charge in [-0.3, -0.25) is 14.6 Å².